The van der Waals surface area contributed by atoms with E-state index in [0.29, 0.717) is 0 Å². The zero-order chi connectivity index (χ0) is 13.3. The van der Waals surface area contributed by atoms with E-state index in [-0.39, 0.29) is 22.8 Å². The quantitative estimate of drug-likeness (QED) is 0.610. The summed E-state index contributed by atoms with van der Waals surface area (Å²) < 4.78 is 6.94. The Kier molecular flexibility index (Phi) is 3.82. The first-order valence-electron chi connectivity index (χ1n) is 5.74. The van der Waals surface area contributed by atoms with Crippen LogP contribution >= 0.6 is 15.9 Å². The van der Waals surface area contributed by atoms with Crippen LogP contribution in [0.25, 0.3) is 0 Å². The molecule has 1 aliphatic heterocycles. The molecule has 18 heavy (non-hydrogen) atoms. The van der Waals surface area contributed by atoms with E-state index < -0.39 is 0 Å². The van der Waals surface area contributed by atoms with E-state index in [0.717, 1.165) is 16.5 Å². The molecule has 1 aliphatic rings. The molecule has 1 aromatic rings. The Morgan fingerprint density at radius 2 is 2.22 bits per heavy atom. The average molecular weight is 312 g/mol. The van der Waals surface area contributed by atoms with E-state index in [1.807, 2.05) is 19.9 Å². The summed E-state index contributed by atoms with van der Waals surface area (Å²) in [5.74, 6) is 0. The number of benzene rings is 1. The van der Waals surface area contributed by atoms with Gasteiger partial charge in [-0.25, -0.2) is 0 Å². The number of nitro groups is 1. The highest BCUT2D eigenvalue weighted by molar-refractivity contribution is 9.11. The average Bonchev–Trinajstić information content (AvgIpc) is 2.35. The maximum Gasteiger partial charge on any atom is 0.269 e. The van der Waals surface area contributed by atoms with Crippen LogP contribution in [-0.4, -0.2) is 11.0 Å². The fraction of sp³-hybridized carbons (Fsp3) is 0.385. The summed E-state index contributed by atoms with van der Waals surface area (Å²) in [4.78, 5) is 10.4. The largest absolute Gasteiger partial charge is 0.365 e. The van der Waals surface area contributed by atoms with Gasteiger partial charge in [-0.3, -0.25) is 10.1 Å². The number of non-ortho nitro benzene ring substituents is 1. The molecule has 4 nitrogen and oxygen atoms in total. The molecule has 2 atom stereocenters. The maximum absolute atomic E-state index is 10.8. The molecule has 1 aromatic carbocycles. The number of hydrogen-bond acceptors (Lipinski definition) is 3. The topological polar surface area (TPSA) is 52.4 Å². The Morgan fingerprint density at radius 1 is 1.50 bits per heavy atom. The van der Waals surface area contributed by atoms with E-state index in [4.69, 9.17) is 4.74 Å². The lowest BCUT2D eigenvalue weighted by Gasteiger charge is -2.29. The predicted molar refractivity (Wildman–Crippen MR) is 72.6 cm³/mol. The zero-order valence-electron chi connectivity index (χ0n) is 10.2. The number of ether oxygens (including phenoxy) is 1. The van der Waals surface area contributed by atoms with Gasteiger partial charge in [-0.05, 0) is 25.8 Å². The highest BCUT2D eigenvalue weighted by Crippen LogP contribution is 2.37. The van der Waals surface area contributed by atoms with E-state index in [1.165, 1.54) is 11.6 Å². The van der Waals surface area contributed by atoms with Crippen molar-refractivity contribution in [3.05, 3.63) is 50.0 Å². The van der Waals surface area contributed by atoms with Crippen molar-refractivity contribution in [2.75, 3.05) is 0 Å². The van der Waals surface area contributed by atoms with Crippen LogP contribution in [0.4, 0.5) is 5.69 Å². The van der Waals surface area contributed by atoms with Gasteiger partial charge in [-0.15, -0.1) is 0 Å². The number of nitrogens with zero attached hydrogens (tertiary/aromatic N) is 1. The minimum atomic E-state index is -0.381. The summed E-state index contributed by atoms with van der Waals surface area (Å²) in [6, 6.07) is 6.65. The van der Waals surface area contributed by atoms with Crippen molar-refractivity contribution >= 4 is 21.6 Å². The van der Waals surface area contributed by atoms with E-state index in [2.05, 4.69) is 15.9 Å². The van der Waals surface area contributed by atoms with Crippen LogP contribution in [0.2, 0.25) is 0 Å². The Hall–Kier alpha value is -1.20. The van der Waals surface area contributed by atoms with Crippen LogP contribution in [0, 0.1) is 10.1 Å². The van der Waals surface area contributed by atoms with Crippen LogP contribution in [0.3, 0.4) is 0 Å². The van der Waals surface area contributed by atoms with Gasteiger partial charge in [0.25, 0.3) is 5.69 Å². The number of halogens is 1. The van der Waals surface area contributed by atoms with E-state index in [9.17, 15) is 10.1 Å². The second kappa shape index (κ2) is 5.20. The highest BCUT2D eigenvalue weighted by Gasteiger charge is 2.25. The van der Waals surface area contributed by atoms with Gasteiger partial charge in [0, 0.05) is 16.6 Å². The third-order valence-corrected chi connectivity index (χ3v) is 4.40. The molecule has 96 valence electrons. The fourth-order valence-corrected chi connectivity index (χ4v) is 2.38. The van der Waals surface area contributed by atoms with E-state index in [1.54, 1.807) is 12.1 Å². The molecular formula is C13H14BrNO3. The second-order valence-corrected chi connectivity index (χ2v) is 5.31. The highest BCUT2D eigenvalue weighted by atomic mass is 79.9. The zero-order valence-corrected chi connectivity index (χ0v) is 11.8. The molecule has 0 N–H and O–H groups in total. The van der Waals surface area contributed by atoms with Gasteiger partial charge >= 0.3 is 0 Å². The number of nitro benzene ring substituents is 1. The molecule has 0 radical (unpaired) electrons. The molecule has 0 aromatic heterocycles. The molecule has 0 saturated carbocycles. The second-order valence-electron chi connectivity index (χ2n) is 4.45. The number of rotatable bonds is 2. The summed E-state index contributed by atoms with van der Waals surface area (Å²) in [5, 5.41) is 10.8. The normalized spacial score (nSPS) is 24.2. The number of hydrogen-bond donors (Lipinski definition) is 0. The molecule has 0 spiro atoms. The van der Waals surface area contributed by atoms with Crippen molar-refractivity contribution in [1.82, 2.24) is 0 Å². The maximum atomic E-state index is 10.8. The van der Waals surface area contributed by atoms with Crippen LogP contribution in [-0.2, 0) is 4.74 Å². The monoisotopic (exact) mass is 311 g/mol. The van der Waals surface area contributed by atoms with Gasteiger partial charge in [0.1, 0.15) is 0 Å². The van der Waals surface area contributed by atoms with Gasteiger partial charge in [-0.2, -0.15) is 0 Å². The summed E-state index contributed by atoms with van der Waals surface area (Å²) in [5.41, 5.74) is 2.19. The Labute approximate surface area is 114 Å². The van der Waals surface area contributed by atoms with Crippen LogP contribution < -0.4 is 0 Å². The molecule has 0 amide bonds. The van der Waals surface area contributed by atoms with Gasteiger partial charge in [0.05, 0.1) is 17.1 Å². The molecule has 0 unspecified atom stereocenters. The third kappa shape index (κ3) is 2.62. The predicted octanol–water partition coefficient (Wildman–Crippen LogP) is 4.11. The molecule has 0 saturated heterocycles. The minimum absolute atomic E-state index is 0.0111. The van der Waals surface area contributed by atoms with Crippen molar-refractivity contribution in [2.24, 2.45) is 0 Å². The first-order valence-corrected chi connectivity index (χ1v) is 6.53. The lowest BCUT2D eigenvalue weighted by molar-refractivity contribution is -0.385. The van der Waals surface area contributed by atoms with Gasteiger partial charge in [0.2, 0.25) is 0 Å². The fourth-order valence-electron chi connectivity index (χ4n) is 2.11. The standard InChI is InChI=1S/C13H14BrNO3/c1-8-6-12(18-9(2)13(8)14)10-4-3-5-11(7-10)15(16)17/h3-5,7,9,12H,6H2,1-2H3/t9-,12-/m0/s1. The molecule has 5 heteroatoms. The van der Waals surface area contributed by atoms with Crippen LogP contribution in [0.1, 0.15) is 31.9 Å². The van der Waals surface area contributed by atoms with Gasteiger partial charge < -0.3 is 4.74 Å². The van der Waals surface area contributed by atoms with Crippen LogP contribution in [0.5, 0.6) is 0 Å². The van der Waals surface area contributed by atoms with Gasteiger partial charge in [-0.1, -0.05) is 33.6 Å². The Bertz CT molecular complexity index is 513. The lowest BCUT2D eigenvalue weighted by Crippen LogP contribution is -2.20. The molecule has 0 bridgehead atoms. The summed E-state index contributed by atoms with van der Waals surface area (Å²) in [6.07, 6.45) is 0.635. The molecule has 1 heterocycles. The minimum Gasteiger partial charge on any atom is -0.365 e. The Balaban J connectivity index is 2.28. The third-order valence-electron chi connectivity index (χ3n) is 3.08. The summed E-state index contributed by atoms with van der Waals surface area (Å²) >= 11 is 3.50. The molecule has 2 rings (SSSR count). The molecular weight excluding hydrogens is 298 g/mol. The Morgan fingerprint density at radius 3 is 2.83 bits per heavy atom. The first-order chi connectivity index (χ1) is 8.49. The lowest BCUT2D eigenvalue weighted by atomic mass is 9.98. The smallest absolute Gasteiger partial charge is 0.269 e. The first kappa shape index (κ1) is 13.2. The summed E-state index contributed by atoms with van der Waals surface area (Å²) in [6.45, 7) is 4.02. The van der Waals surface area contributed by atoms with Crippen molar-refractivity contribution in [3.63, 3.8) is 0 Å². The van der Waals surface area contributed by atoms with Crippen molar-refractivity contribution < 1.29 is 9.66 Å². The van der Waals surface area contributed by atoms with Crippen molar-refractivity contribution in [2.45, 2.75) is 32.5 Å². The summed E-state index contributed by atoms with van der Waals surface area (Å²) in [7, 11) is 0. The molecule has 0 aliphatic carbocycles. The SMILES string of the molecule is CC1=C(Br)[C@H](C)O[C@H](c2cccc([N+](=O)[O-])c2)C1. The van der Waals surface area contributed by atoms with Gasteiger partial charge in [0.15, 0.2) is 0 Å². The van der Waals surface area contributed by atoms with Crippen LogP contribution in [0.15, 0.2) is 34.3 Å². The van der Waals surface area contributed by atoms with Crippen molar-refractivity contribution in [1.29, 1.82) is 0 Å². The van der Waals surface area contributed by atoms with E-state index >= 15 is 0 Å². The molecule has 0 fully saturated rings. The van der Waals surface area contributed by atoms with Crippen molar-refractivity contribution in [3.8, 4) is 0 Å².